The molecule has 15 heavy (non-hydrogen) atoms. The summed E-state index contributed by atoms with van der Waals surface area (Å²) in [7, 11) is 0. The largest absolute Gasteiger partial charge is 0.330 e. The molecule has 1 heterocycles. The van der Waals surface area contributed by atoms with Gasteiger partial charge in [-0.25, -0.2) is 0 Å². The number of rotatable bonds is 2. The van der Waals surface area contributed by atoms with Gasteiger partial charge in [-0.1, -0.05) is 11.6 Å². The number of nitrogens with two attached hydrogens (primary N) is 1. The maximum atomic E-state index is 5.61. The number of hydrogen-bond donors (Lipinski definition) is 1. The second-order valence-electron chi connectivity index (χ2n) is 3.99. The van der Waals surface area contributed by atoms with Gasteiger partial charge in [0.1, 0.15) is 0 Å². The van der Waals surface area contributed by atoms with Crippen LogP contribution >= 0.6 is 0 Å². The van der Waals surface area contributed by atoms with Gasteiger partial charge < -0.3 is 5.73 Å². The lowest BCUT2D eigenvalue weighted by Crippen LogP contribution is -2.04. The fourth-order valence-electron chi connectivity index (χ4n) is 1.97. The summed E-state index contributed by atoms with van der Waals surface area (Å²) in [6.45, 7) is 4.91. The standard InChI is InChI=1S/C13H16N2/c1-9-7-11(3-5-14)13-12(8-9)10(2)4-6-15-13/h4,6-8H,3,5,14H2,1-2H3. The number of benzene rings is 1. The maximum absolute atomic E-state index is 5.61. The van der Waals surface area contributed by atoms with Crippen molar-refractivity contribution >= 4 is 10.9 Å². The SMILES string of the molecule is Cc1cc(CCN)c2nccc(C)c2c1. The molecule has 0 radical (unpaired) electrons. The van der Waals surface area contributed by atoms with Gasteiger partial charge in [0.05, 0.1) is 5.52 Å². The number of fused-ring (bicyclic) bond motifs is 1. The highest BCUT2D eigenvalue weighted by Gasteiger charge is 2.04. The molecule has 0 fully saturated rings. The highest BCUT2D eigenvalue weighted by molar-refractivity contribution is 5.85. The zero-order chi connectivity index (χ0) is 10.8. The van der Waals surface area contributed by atoms with Crippen LogP contribution in [0.25, 0.3) is 10.9 Å². The number of aryl methyl sites for hydroxylation is 2. The molecule has 0 amide bonds. The summed E-state index contributed by atoms with van der Waals surface area (Å²) in [5.74, 6) is 0. The third-order valence-corrected chi connectivity index (χ3v) is 2.70. The molecule has 0 unspecified atom stereocenters. The quantitative estimate of drug-likeness (QED) is 0.808. The van der Waals surface area contributed by atoms with E-state index in [-0.39, 0.29) is 0 Å². The predicted octanol–water partition coefficient (Wildman–Crippen LogP) is 2.35. The van der Waals surface area contributed by atoms with E-state index in [1.165, 1.54) is 22.1 Å². The molecular weight excluding hydrogens is 184 g/mol. The van der Waals surface area contributed by atoms with Crippen molar-refractivity contribution in [3.8, 4) is 0 Å². The third kappa shape index (κ3) is 1.85. The summed E-state index contributed by atoms with van der Waals surface area (Å²) in [6.07, 6.45) is 2.77. The van der Waals surface area contributed by atoms with Crippen LogP contribution in [0.2, 0.25) is 0 Å². The van der Waals surface area contributed by atoms with Gasteiger partial charge in [0.15, 0.2) is 0 Å². The Morgan fingerprint density at radius 3 is 2.80 bits per heavy atom. The molecule has 0 aliphatic carbocycles. The normalized spacial score (nSPS) is 10.9. The highest BCUT2D eigenvalue weighted by atomic mass is 14.7. The van der Waals surface area contributed by atoms with Crippen molar-refractivity contribution in [2.45, 2.75) is 20.3 Å². The van der Waals surface area contributed by atoms with Crippen molar-refractivity contribution in [2.75, 3.05) is 6.54 Å². The summed E-state index contributed by atoms with van der Waals surface area (Å²) in [4.78, 5) is 4.45. The smallest absolute Gasteiger partial charge is 0.0737 e. The van der Waals surface area contributed by atoms with Crippen molar-refractivity contribution in [3.63, 3.8) is 0 Å². The van der Waals surface area contributed by atoms with E-state index in [1.54, 1.807) is 0 Å². The van der Waals surface area contributed by atoms with Gasteiger partial charge in [-0.3, -0.25) is 4.98 Å². The van der Waals surface area contributed by atoms with E-state index in [9.17, 15) is 0 Å². The van der Waals surface area contributed by atoms with E-state index in [4.69, 9.17) is 5.73 Å². The first kappa shape index (κ1) is 10.1. The van der Waals surface area contributed by atoms with Crippen LogP contribution in [0.4, 0.5) is 0 Å². The molecule has 0 aliphatic heterocycles. The Bertz CT molecular complexity index is 489. The van der Waals surface area contributed by atoms with E-state index < -0.39 is 0 Å². The number of pyridine rings is 1. The Hall–Kier alpha value is -1.41. The molecule has 0 atom stereocenters. The van der Waals surface area contributed by atoms with Crippen molar-refractivity contribution in [3.05, 3.63) is 41.1 Å². The molecule has 2 nitrogen and oxygen atoms in total. The van der Waals surface area contributed by atoms with E-state index in [2.05, 4.69) is 31.0 Å². The molecule has 2 aromatic rings. The highest BCUT2D eigenvalue weighted by Crippen LogP contribution is 2.22. The second-order valence-corrected chi connectivity index (χ2v) is 3.99. The van der Waals surface area contributed by atoms with Crippen LogP contribution in [0, 0.1) is 13.8 Å². The van der Waals surface area contributed by atoms with Crippen LogP contribution in [0.1, 0.15) is 16.7 Å². The lowest BCUT2D eigenvalue weighted by Gasteiger charge is -2.08. The van der Waals surface area contributed by atoms with E-state index in [0.717, 1.165) is 11.9 Å². The monoisotopic (exact) mass is 200 g/mol. The van der Waals surface area contributed by atoms with Crippen LogP contribution in [0.15, 0.2) is 24.4 Å². The average molecular weight is 200 g/mol. The molecule has 78 valence electrons. The van der Waals surface area contributed by atoms with Gasteiger partial charge in [-0.15, -0.1) is 0 Å². The van der Waals surface area contributed by atoms with Crippen LogP contribution in [-0.4, -0.2) is 11.5 Å². The molecule has 2 rings (SSSR count). The van der Waals surface area contributed by atoms with Gasteiger partial charge in [0.25, 0.3) is 0 Å². The fraction of sp³-hybridized carbons (Fsp3) is 0.308. The molecule has 2 heteroatoms. The molecule has 0 spiro atoms. The zero-order valence-electron chi connectivity index (χ0n) is 9.25. The lowest BCUT2D eigenvalue weighted by atomic mass is 10.0. The van der Waals surface area contributed by atoms with Crippen LogP contribution in [0.3, 0.4) is 0 Å². The van der Waals surface area contributed by atoms with Gasteiger partial charge in [0.2, 0.25) is 0 Å². The maximum Gasteiger partial charge on any atom is 0.0737 e. The topological polar surface area (TPSA) is 38.9 Å². The lowest BCUT2D eigenvalue weighted by molar-refractivity contribution is 0.971. The molecule has 0 bridgehead atoms. The van der Waals surface area contributed by atoms with Crippen LogP contribution in [-0.2, 0) is 6.42 Å². The summed E-state index contributed by atoms with van der Waals surface area (Å²) in [6, 6.07) is 6.42. The van der Waals surface area contributed by atoms with Crippen molar-refractivity contribution < 1.29 is 0 Å². The Balaban J connectivity index is 2.74. The van der Waals surface area contributed by atoms with Gasteiger partial charge in [-0.2, -0.15) is 0 Å². The van der Waals surface area contributed by atoms with E-state index in [1.807, 2.05) is 12.3 Å². The minimum Gasteiger partial charge on any atom is -0.330 e. The first-order valence-electron chi connectivity index (χ1n) is 5.27. The molecule has 1 aromatic heterocycles. The Morgan fingerprint density at radius 1 is 1.27 bits per heavy atom. The second kappa shape index (κ2) is 3.99. The Labute approximate surface area is 90.1 Å². The third-order valence-electron chi connectivity index (χ3n) is 2.70. The van der Waals surface area contributed by atoms with E-state index >= 15 is 0 Å². The first-order chi connectivity index (χ1) is 7.22. The number of hydrogen-bond acceptors (Lipinski definition) is 2. The van der Waals surface area contributed by atoms with Crippen molar-refractivity contribution in [2.24, 2.45) is 5.73 Å². The Morgan fingerprint density at radius 2 is 2.07 bits per heavy atom. The summed E-state index contributed by atoms with van der Waals surface area (Å²) in [5.41, 5.74) is 10.5. The molecular formula is C13H16N2. The molecule has 1 aromatic carbocycles. The minimum absolute atomic E-state index is 0.675. The minimum atomic E-state index is 0.675. The van der Waals surface area contributed by atoms with Crippen molar-refractivity contribution in [1.29, 1.82) is 0 Å². The van der Waals surface area contributed by atoms with Crippen LogP contribution in [0.5, 0.6) is 0 Å². The van der Waals surface area contributed by atoms with Crippen LogP contribution < -0.4 is 5.73 Å². The summed E-state index contributed by atoms with van der Waals surface area (Å²) in [5, 5.41) is 1.25. The average Bonchev–Trinajstić information content (AvgIpc) is 2.20. The van der Waals surface area contributed by atoms with Gasteiger partial charge in [0, 0.05) is 11.6 Å². The first-order valence-corrected chi connectivity index (χ1v) is 5.27. The predicted molar refractivity (Wildman–Crippen MR) is 64.0 cm³/mol. The molecule has 2 N–H and O–H groups in total. The summed E-state index contributed by atoms with van der Waals surface area (Å²) >= 11 is 0. The Kier molecular flexibility index (Phi) is 2.69. The summed E-state index contributed by atoms with van der Waals surface area (Å²) < 4.78 is 0. The molecule has 0 aliphatic rings. The van der Waals surface area contributed by atoms with Gasteiger partial charge in [-0.05, 0) is 50.1 Å². The number of aromatic nitrogens is 1. The van der Waals surface area contributed by atoms with Crippen molar-refractivity contribution in [1.82, 2.24) is 4.98 Å². The molecule has 0 saturated heterocycles. The number of nitrogens with zero attached hydrogens (tertiary/aromatic N) is 1. The zero-order valence-corrected chi connectivity index (χ0v) is 9.25. The van der Waals surface area contributed by atoms with Gasteiger partial charge >= 0.3 is 0 Å². The van der Waals surface area contributed by atoms with E-state index in [0.29, 0.717) is 6.54 Å². The molecule has 0 saturated carbocycles. The fourth-order valence-corrected chi connectivity index (χ4v) is 1.97.